The highest BCUT2D eigenvalue weighted by molar-refractivity contribution is 7.99. The summed E-state index contributed by atoms with van der Waals surface area (Å²) in [6.07, 6.45) is -2.70. The van der Waals surface area contributed by atoms with Gasteiger partial charge in [0.15, 0.2) is 0 Å². The van der Waals surface area contributed by atoms with E-state index >= 15 is 0 Å². The minimum atomic E-state index is -4.25. The number of aliphatic hydroxyl groups excluding tert-OH is 1. The van der Waals surface area contributed by atoms with Gasteiger partial charge in [0.25, 0.3) is 0 Å². The van der Waals surface area contributed by atoms with Crippen molar-refractivity contribution in [3.63, 3.8) is 0 Å². The summed E-state index contributed by atoms with van der Waals surface area (Å²) < 4.78 is 35.9. The Bertz CT molecular complexity index is 439. The van der Waals surface area contributed by atoms with Gasteiger partial charge in [-0.25, -0.2) is 0 Å². The molecule has 0 aliphatic rings. The van der Waals surface area contributed by atoms with Gasteiger partial charge in [0.2, 0.25) is 0 Å². The van der Waals surface area contributed by atoms with Crippen molar-refractivity contribution in [2.75, 3.05) is 5.75 Å². The highest BCUT2D eigenvalue weighted by Gasteiger charge is 2.28. The lowest BCUT2D eigenvalue weighted by Crippen LogP contribution is -2.10. The summed E-state index contributed by atoms with van der Waals surface area (Å²) in [5.74, 6) is -1.03. The molecule has 0 amide bonds. The Labute approximate surface area is 98.8 Å². The smallest absolute Gasteiger partial charge is 0.408 e. The number of benzene rings is 1. The number of alkyl halides is 3. The van der Waals surface area contributed by atoms with E-state index in [-0.39, 0.29) is 15.6 Å². The maximum absolute atomic E-state index is 12.0. The Kier molecular flexibility index (Phi) is 4.33. The van der Waals surface area contributed by atoms with Crippen molar-refractivity contribution in [2.45, 2.75) is 11.1 Å². The molecule has 0 atom stereocenters. The van der Waals surface area contributed by atoms with Crippen molar-refractivity contribution in [1.82, 2.24) is 0 Å². The molecule has 0 saturated heterocycles. The molecule has 0 saturated carbocycles. The highest BCUT2D eigenvalue weighted by Crippen LogP contribution is 2.34. The average molecular weight is 269 g/mol. The third kappa shape index (κ3) is 4.21. The second-order valence-corrected chi connectivity index (χ2v) is 4.15. The molecule has 0 aromatic heterocycles. The fourth-order valence-electron chi connectivity index (χ4n) is 0.890. The first-order valence-corrected chi connectivity index (χ1v) is 5.37. The van der Waals surface area contributed by atoms with Crippen LogP contribution in [0.25, 0.3) is 4.85 Å². The maximum atomic E-state index is 12.0. The van der Waals surface area contributed by atoms with E-state index in [0.717, 1.165) is 0 Å². The Balaban J connectivity index is 2.85. The number of aliphatic hydroxyl groups is 1. The number of hydrogen-bond acceptors (Lipinski definition) is 2. The van der Waals surface area contributed by atoms with E-state index in [1.165, 1.54) is 18.2 Å². The topological polar surface area (TPSA) is 24.6 Å². The first kappa shape index (κ1) is 13.0. The number of rotatable bonds is 2. The molecule has 16 heavy (non-hydrogen) atoms. The fourth-order valence-corrected chi connectivity index (χ4v) is 1.90. The number of nitrogens with zero attached hydrogens (tertiary/aromatic N) is 1. The summed E-state index contributed by atoms with van der Waals surface area (Å²) in [4.78, 5) is 3.66. The molecule has 1 rings (SSSR count). The van der Waals surface area contributed by atoms with E-state index in [9.17, 15) is 13.2 Å². The largest absolute Gasteiger partial charge is 0.520 e. The highest BCUT2D eigenvalue weighted by atomic mass is 35.5. The third-order valence-corrected chi connectivity index (χ3v) is 3.05. The van der Waals surface area contributed by atoms with Gasteiger partial charge in [-0.2, -0.15) is 13.2 Å². The predicted octanol–water partition coefficient (Wildman–Crippen LogP) is 4.29. The van der Waals surface area contributed by atoms with Crippen LogP contribution in [0, 0.1) is 6.26 Å². The molecule has 0 aliphatic heterocycles. The van der Waals surface area contributed by atoms with Gasteiger partial charge in [0.1, 0.15) is 0 Å². The minimum Gasteiger partial charge on any atom is -0.408 e. The summed E-state index contributed by atoms with van der Waals surface area (Å²) in [5, 5.41) is 8.52. The molecule has 0 fully saturated rings. The Morgan fingerprint density at radius 3 is 2.69 bits per heavy atom. The molecule has 0 spiro atoms. The molecule has 1 N–H and O–H groups in total. The van der Waals surface area contributed by atoms with Gasteiger partial charge in [-0.1, -0.05) is 11.6 Å². The summed E-state index contributed by atoms with van der Waals surface area (Å²) in [6.45, 7) is 0. The molecule has 2 nitrogen and oxygen atoms in total. The molecule has 7 heteroatoms. The van der Waals surface area contributed by atoms with Crippen LogP contribution in [0.15, 0.2) is 23.1 Å². The van der Waals surface area contributed by atoms with Gasteiger partial charge in [0.05, 0.1) is 10.8 Å². The zero-order valence-electron chi connectivity index (χ0n) is 7.75. The van der Waals surface area contributed by atoms with E-state index in [2.05, 4.69) is 4.85 Å². The van der Waals surface area contributed by atoms with Crippen LogP contribution >= 0.6 is 23.4 Å². The van der Waals surface area contributed by atoms with Crippen LogP contribution in [0.3, 0.4) is 0 Å². The first-order valence-electron chi connectivity index (χ1n) is 4.01. The molecular weight excluding hydrogens is 263 g/mol. The van der Waals surface area contributed by atoms with Gasteiger partial charge in [-0.3, -0.25) is 0 Å². The van der Waals surface area contributed by atoms with Crippen molar-refractivity contribution >= 4 is 29.1 Å². The molecular formula is C9H6ClF3NOS+. The van der Waals surface area contributed by atoms with Gasteiger partial charge >= 0.3 is 18.1 Å². The van der Waals surface area contributed by atoms with Gasteiger partial charge in [-0.15, -0.1) is 11.8 Å². The van der Waals surface area contributed by atoms with Crippen molar-refractivity contribution in [3.05, 3.63) is 28.1 Å². The Morgan fingerprint density at radius 1 is 1.44 bits per heavy atom. The van der Waals surface area contributed by atoms with Crippen LogP contribution in [-0.2, 0) is 0 Å². The summed E-state index contributed by atoms with van der Waals surface area (Å²) in [5.41, 5.74) is 0.288. The van der Waals surface area contributed by atoms with Crippen LogP contribution in [-0.4, -0.2) is 17.0 Å². The van der Waals surface area contributed by atoms with Crippen LogP contribution in [0.1, 0.15) is 0 Å². The number of hydrogen-bond donors (Lipinski definition) is 1. The number of thioether (sulfide) groups is 1. The lowest BCUT2D eigenvalue weighted by atomic mass is 10.3. The van der Waals surface area contributed by atoms with Crippen LogP contribution in [0.2, 0.25) is 5.02 Å². The molecule has 0 radical (unpaired) electrons. The second-order valence-electron chi connectivity index (χ2n) is 2.73. The summed E-state index contributed by atoms with van der Waals surface area (Å²) in [7, 11) is 0. The van der Waals surface area contributed by atoms with Crippen molar-refractivity contribution in [2.24, 2.45) is 0 Å². The summed E-state index contributed by atoms with van der Waals surface area (Å²) in [6, 6.07) is 4.22. The standard InChI is InChI=1S/C9H5ClF3NOS/c10-7-2-1-6(14-5-15)3-8(7)16-4-9(11,12)13/h1-3H,4H2/p+1. The van der Waals surface area contributed by atoms with E-state index in [1.807, 2.05) is 0 Å². The van der Waals surface area contributed by atoms with Crippen LogP contribution in [0.5, 0.6) is 0 Å². The quantitative estimate of drug-likeness (QED) is 0.639. The van der Waals surface area contributed by atoms with Gasteiger partial charge in [-0.05, 0) is 6.07 Å². The monoisotopic (exact) mass is 268 g/mol. The first-order chi connectivity index (χ1) is 7.42. The SMILES string of the molecule is OC#[N+]c1ccc(Cl)c(SCC(F)(F)F)c1. The molecule has 1 aromatic carbocycles. The minimum absolute atomic E-state index is 0.214. The Hall–Kier alpha value is -1.06. The second kappa shape index (κ2) is 5.32. The van der Waals surface area contributed by atoms with E-state index in [4.69, 9.17) is 16.7 Å². The summed E-state index contributed by atoms with van der Waals surface area (Å²) >= 11 is 6.28. The molecule has 0 aliphatic carbocycles. The van der Waals surface area contributed by atoms with E-state index in [0.29, 0.717) is 11.8 Å². The van der Waals surface area contributed by atoms with Crippen LogP contribution in [0.4, 0.5) is 18.9 Å². The molecule has 86 valence electrons. The van der Waals surface area contributed by atoms with E-state index < -0.39 is 11.9 Å². The molecule has 0 unspecified atom stereocenters. The zero-order valence-corrected chi connectivity index (χ0v) is 9.33. The van der Waals surface area contributed by atoms with Crippen molar-refractivity contribution in [3.8, 4) is 6.26 Å². The van der Waals surface area contributed by atoms with Gasteiger partial charge in [0, 0.05) is 21.9 Å². The van der Waals surface area contributed by atoms with Crippen molar-refractivity contribution in [1.29, 1.82) is 0 Å². The number of halogens is 4. The molecule has 0 bridgehead atoms. The average Bonchev–Trinajstić information content (AvgIpc) is 2.18. The lowest BCUT2D eigenvalue weighted by Gasteiger charge is -2.05. The predicted molar refractivity (Wildman–Crippen MR) is 57.1 cm³/mol. The lowest BCUT2D eigenvalue weighted by molar-refractivity contribution is -0.105. The zero-order chi connectivity index (χ0) is 12.2. The van der Waals surface area contributed by atoms with Crippen LogP contribution < -0.4 is 0 Å². The Morgan fingerprint density at radius 2 is 2.12 bits per heavy atom. The molecule has 0 heterocycles. The van der Waals surface area contributed by atoms with Gasteiger partial charge < -0.3 is 5.11 Å². The van der Waals surface area contributed by atoms with Crippen molar-refractivity contribution < 1.29 is 18.3 Å². The molecule has 1 aromatic rings. The fraction of sp³-hybridized carbons (Fsp3) is 0.222. The normalized spacial score (nSPS) is 10.8. The van der Waals surface area contributed by atoms with E-state index in [1.54, 1.807) is 6.26 Å². The third-order valence-electron chi connectivity index (χ3n) is 1.49. The maximum Gasteiger partial charge on any atom is 0.520 e.